The van der Waals surface area contributed by atoms with Crippen molar-refractivity contribution in [2.75, 3.05) is 13.1 Å². The zero-order chi connectivity index (χ0) is 18.5. The summed E-state index contributed by atoms with van der Waals surface area (Å²) in [5, 5.41) is 0. The van der Waals surface area contributed by atoms with Crippen LogP contribution in [0.4, 0.5) is 0 Å². The van der Waals surface area contributed by atoms with Crippen LogP contribution in [0.5, 0.6) is 0 Å². The molecule has 0 unspecified atom stereocenters. The standard InChI is InChI=1S/C21H24N4O2/c1-23-9-8-22-19(23)17-6-7-18-16-10-14(12-25(18)21(17)27)11-24(13-16)20(26)15-4-2-3-5-15/h2-3,6-9,14-16H,4-5,10-13H2,1H3/t14-,16+/m0/s1. The van der Waals surface area contributed by atoms with Crippen molar-refractivity contribution in [1.29, 1.82) is 0 Å². The van der Waals surface area contributed by atoms with Gasteiger partial charge in [-0.05, 0) is 37.3 Å². The third-order valence-electron chi connectivity index (χ3n) is 6.34. The molecule has 5 rings (SSSR count). The zero-order valence-corrected chi connectivity index (χ0v) is 15.5. The average molecular weight is 364 g/mol. The van der Waals surface area contributed by atoms with Crippen molar-refractivity contribution in [1.82, 2.24) is 19.0 Å². The summed E-state index contributed by atoms with van der Waals surface area (Å²) in [5.41, 5.74) is 1.75. The van der Waals surface area contributed by atoms with E-state index in [1.807, 2.05) is 28.4 Å². The maximum Gasteiger partial charge on any atom is 0.261 e. The predicted octanol–water partition coefficient (Wildman–Crippen LogP) is 2.16. The molecular formula is C21H24N4O2. The first-order valence-corrected chi connectivity index (χ1v) is 9.77. The van der Waals surface area contributed by atoms with E-state index in [-0.39, 0.29) is 23.3 Å². The van der Waals surface area contributed by atoms with Gasteiger partial charge in [-0.2, -0.15) is 0 Å². The van der Waals surface area contributed by atoms with Crippen LogP contribution in [0, 0.1) is 11.8 Å². The van der Waals surface area contributed by atoms with Gasteiger partial charge in [-0.3, -0.25) is 9.59 Å². The number of carbonyl (C=O) groups excluding carboxylic acids is 1. The Morgan fingerprint density at radius 3 is 2.70 bits per heavy atom. The van der Waals surface area contributed by atoms with Crippen molar-refractivity contribution >= 4 is 5.91 Å². The van der Waals surface area contributed by atoms with Gasteiger partial charge in [0.1, 0.15) is 5.82 Å². The van der Waals surface area contributed by atoms with E-state index in [9.17, 15) is 9.59 Å². The fourth-order valence-corrected chi connectivity index (χ4v) is 5.00. The molecule has 4 heterocycles. The lowest BCUT2D eigenvalue weighted by Crippen LogP contribution is -2.50. The minimum absolute atomic E-state index is 0.0382. The molecule has 2 aromatic rings. The topological polar surface area (TPSA) is 60.1 Å². The molecule has 2 aromatic heterocycles. The predicted molar refractivity (Wildman–Crippen MR) is 102 cm³/mol. The number of carbonyl (C=O) groups is 1. The molecule has 2 aliphatic heterocycles. The summed E-state index contributed by atoms with van der Waals surface area (Å²) in [6, 6.07) is 3.97. The summed E-state index contributed by atoms with van der Waals surface area (Å²) in [6.07, 6.45) is 10.6. The average Bonchev–Trinajstić information content (AvgIpc) is 3.34. The highest BCUT2D eigenvalue weighted by molar-refractivity contribution is 5.80. The van der Waals surface area contributed by atoms with E-state index in [0.717, 1.165) is 38.0 Å². The first-order chi connectivity index (χ1) is 13.1. The molecule has 2 bridgehead atoms. The molecule has 1 saturated heterocycles. The first kappa shape index (κ1) is 16.5. The second-order valence-electron chi connectivity index (χ2n) is 8.13. The van der Waals surface area contributed by atoms with Crippen LogP contribution in [0.2, 0.25) is 0 Å². The Labute approximate surface area is 158 Å². The molecule has 0 spiro atoms. The molecule has 1 amide bonds. The summed E-state index contributed by atoms with van der Waals surface area (Å²) in [5.74, 6) is 1.71. The number of rotatable bonds is 2. The van der Waals surface area contributed by atoms with Crippen LogP contribution < -0.4 is 5.56 Å². The van der Waals surface area contributed by atoms with E-state index in [0.29, 0.717) is 23.9 Å². The highest BCUT2D eigenvalue weighted by Crippen LogP contribution is 2.37. The number of hydrogen-bond donors (Lipinski definition) is 0. The van der Waals surface area contributed by atoms with Gasteiger partial charge in [0.15, 0.2) is 0 Å². The maximum absolute atomic E-state index is 13.1. The van der Waals surface area contributed by atoms with E-state index in [4.69, 9.17) is 0 Å². The SMILES string of the molecule is Cn1ccnc1-c1ccc2n(c1=O)C[C@H]1C[C@@H]2CN(C(=O)C2CC=CC2)C1. The van der Waals surface area contributed by atoms with E-state index in [1.165, 1.54) is 0 Å². The Bertz CT molecular complexity index is 978. The maximum atomic E-state index is 13.1. The van der Waals surface area contributed by atoms with Gasteiger partial charge in [-0.1, -0.05) is 12.2 Å². The molecule has 6 heteroatoms. The summed E-state index contributed by atoms with van der Waals surface area (Å²) >= 11 is 0. The van der Waals surface area contributed by atoms with Crippen molar-refractivity contribution < 1.29 is 4.79 Å². The van der Waals surface area contributed by atoms with E-state index in [1.54, 1.807) is 6.20 Å². The van der Waals surface area contributed by atoms with Crippen LogP contribution in [-0.4, -0.2) is 38.0 Å². The van der Waals surface area contributed by atoms with Gasteiger partial charge in [-0.15, -0.1) is 0 Å². The molecule has 2 atom stereocenters. The van der Waals surface area contributed by atoms with E-state index < -0.39 is 0 Å². The second kappa shape index (κ2) is 6.22. The van der Waals surface area contributed by atoms with Crippen molar-refractivity contribution in [3.63, 3.8) is 0 Å². The minimum Gasteiger partial charge on any atom is -0.341 e. The molecule has 0 aromatic carbocycles. The van der Waals surface area contributed by atoms with Crippen LogP contribution >= 0.6 is 0 Å². The second-order valence-corrected chi connectivity index (χ2v) is 8.13. The fourth-order valence-electron chi connectivity index (χ4n) is 5.00. The lowest BCUT2D eigenvalue weighted by molar-refractivity contribution is -0.138. The Morgan fingerprint density at radius 1 is 1.15 bits per heavy atom. The summed E-state index contributed by atoms with van der Waals surface area (Å²) < 4.78 is 3.81. The summed E-state index contributed by atoms with van der Waals surface area (Å²) in [6.45, 7) is 2.19. The van der Waals surface area contributed by atoms with Crippen LogP contribution in [-0.2, 0) is 18.4 Å². The molecule has 0 N–H and O–H groups in total. The number of nitrogens with zero attached hydrogens (tertiary/aromatic N) is 4. The number of aryl methyl sites for hydroxylation is 1. The van der Waals surface area contributed by atoms with Gasteiger partial charge in [-0.25, -0.2) is 4.98 Å². The normalized spacial score (nSPS) is 24.3. The number of pyridine rings is 1. The number of allylic oxidation sites excluding steroid dienone is 2. The number of hydrogen-bond acceptors (Lipinski definition) is 3. The van der Waals surface area contributed by atoms with Crippen LogP contribution in [0.3, 0.4) is 0 Å². The highest BCUT2D eigenvalue weighted by Gasteiger charge is 2.38. The molecular weight excluding hydrogens is 340 g/mol. The van der Waals surface area contributed by atoms with Crippen LogP contribution in [0.1, 0.15) is 30.9 Å². The van der Waals surface area contributed by atoms with Crippen LogP contribution in [0.25, 0.3) is 11.4 Å². The number of piperidine rings is 1. The molecule has 1 fully saturated rings. The number of imidazole rings is 1. The summed E-state index contributed by atoms with van der Waals surface area (Å²) in [7, 11) is 1.90. The number of likely N-dealkylation sites (tertiary alicyclic amines) is 1. The van der Waals surface area contributed by atoms with Gasteiger partial charge in [0.05, 0.1) is 5.56 Å². The quantitative estimate of drug-likeness (QED) is 0.768. The Kier molecular flexibility index (Phi) is 3.81. The third-order valence-corrected chi connectivity index (χ3v) is 6.34. The molecule has 0 radical (unpaired) electrons. The first-order valence-electron chi connectivity index (χ1n) is 9.77. The minimum atomic E-state index is 0.0382. The van der Waals surface area contributed by atoms with Crippen molar-refractivity contribution in [3.05, 3.63) is 52.7 Å². The molecule has 1 aliphatic carbocycles. The molecule has 6 nitrogen and oxygen atoms in total. The smallest absolute Gasteiger partial charge is 0.261 e. The van der Waals surface area contributed by atoms with Crippen molar-refractivity contribution in [2.24, 2.45) is 18.9 Å². The van der Waals surface area contributed by atoms with Crippen molar-refractivity contribution in [3.8, 4) is 11.4 Å². The Hall–Kier alpha value is -2.63. The lowest BCUT2D eigenvalue weighted by atomic mass is 9.82. The van der Waals surface area contributed by atoms with Crippen LogP contribution in [0.15, 0.2) is 41.5 Å². The third kappa shape index (κ3) is 2.66. The number of aromatic nitrogens is 3. The molecule has 140 valence electrons. The zero-order valence-electron chi connectivity index (χ0n) is 15.5. The molecule has 3 aliphatic rings. The largest absolute Gasteiger partial charge is 0.341 e. The van der Waals surface area contributed by atoms with Gasteiger partial charge in [0, 0.05) is 56.6 Å². The van der Waals surface area contributed by atoms with Crippen molar-refractivity contribution in [2.45, 2.75) is 31.7 Å². The Balaban J connectivity index is 1.46. The monoisotopic (exact) mass is 364 g/mol. The summed E-state index contributed by atoms with van der Waals surface area (Å²) in [4.78, 5) is 32.4. The van der Waals surface area contributed by atoms with Gasteiger partial charge >= 0.3 is 0 Å². The van der Waals surface area contributed by atoms with Gasteiger partial charge < -0.3 is 14.0 Å². The highest BCUT2D eigenvalue weighted by atomic mass is 16.2. The van der Waals surface area contributed by atoms with E-state index in [2.05, 4.69) is 28.1 Å². The lowest BCUT2D eigenvalue weighted by Gasteiger charge is -2.43. The fraction of sp³-hybridized carbons (Fsp3) is 0.476. The number of fused-ring (bicyclic) bond motifs is 4. The van der Waals surface area contributed by atoms with E-state index >= 15 is 0 Å². The van der Waals surface area contributed by atoms with Gasteiger partial charge in [0.2, 0.25) is 5.91 Å². The molecule has 27 heavy (non-hydrogen) atoms. The molecule has 0 saturated carbocycles. The van der Waals surface area contributed by atoms with Gasteiger partial charge in [0.25, 0.3) is 5.56 Å². The Morgan fingerprint density at radius 2 is 1.96 bits per heavy atom. The number of amides is 1.